The Morgan fingerprint density at radius 2 is 1.77 bits per heavy atom. The van der Waals surface area contributed by atoms with Crippen molar-refractivity contribution in [2.45, 2.75) is 32.1 Å². The zero-order valence-electron chi connectivity index (χ0n) is 13.4. The molecule has 2 rings (SSSR count). The van der Waals surface area contributed by atoms with Crippen molar-refractivity contribution in [2.75, 3.05) is 14.2 Å². The summed E-state index contributed by atoms with van der Waals surface area (Å²) in [7, 11) is 3.06. The smallest absolute Gasteiger partial charge is 0.330 e. The highest BCUT2D eigenvalue weighted by Crippen LogP contribution is 2.35. The van der Waals surface area contributed by atoms with Crippen LogP contribution in [0.1, 0.15) is 37.7 Å². The number of methoxy groups -OCH3 is 2. The molecule has 0 amide bonds. The average Bonchev–Trinajstić information content (AvgIpc) is 2.59. The number of allylic oxidation sites excluding steroid dienone is 3. The van der Waals surface area contributed by atoms with E-state index in [0.29, 0.717) is 5.92 Å². The van der Waals surface area contributed by atoms with Crippen LogP contribution in [0, 0.1) is 5.92 Å². The molecule has 1 aliphatic rings. The Balaban J connectivity index is 2.24. The van der Waals surface area contributed by atoms with Crippen LogP contribution in [0.25, 0.3) is 5.57 Å². The molecule has 1 saturated carbocycles. The Bertz CT molecular complexity index is 534. The van der Waals surface area contributed by atoms with E-state index >= 15 is 0 Å². The molecule has 0 heterocycles. The van der Waals surface area contributed by atoms with Gasteiger partial charge in [0.15, 0.2) is 0 Å². The van der Waals surface area contributed by atoms with Crippen molar-refractivity contribution in [2.24, 2.45) is 5.92 Å². The molecule has 1 aliphatic carbocycles. The lowest BCUT2D eigenvalue weighted by Crippen LogP contribution is -2.08. The minimum Gasteiger partial charge on any atom is -0.497 e. The van der Waals surface area contributed by atoms with E-state index in [1.807, 2.05) is 12.1 Å². The molecule has 1 fully saturated rings. The number of hydrogen-bond donors (Lipinski definition) is 0. The van der Waals surface area contributed by atoms with Crippen molar-refractivity contribution in [1.82, 2.24) is 0 Å². The van der Waals surface area contributed by atoms with Gasteiger partial charge in [-0.3, -0.25) is 0 Å². The van der Waals surface area contributed by atoms with Crippen LogP contribution in [-0.2, 0) is 9.53 Å². The zero-order chi connectivity index (χ0) is 15.8. The molecule has 0 bridgehead atoms. The lowest BCUT2D eigenvalue weighted by atomic mass is 9.81. The van der Waals surface area contributed by atoms with Gasteiger partial charge in [-0.1, -0.05) is 43.5 Å². The number of carbonyl (C=O) groups is 1. The standard InChI is InChI=1S/C19H24O3/c1-21-17-13-11-16(12-14-17)18(9-6-10-19(20)22-2)15-7-4-3-5-8-15/h6,9-15H,3-5,7-8H2,1-2H3. The van der Waals surface area contributed by atoms with Crippen LogP contribution in [0.15, 0.2) is 42.5 Å². The lowest BCUT2D eigenvalue weighted by Gasteiger charge is -2.25. The summed E-state index contributed by atoms with van der Waals surface area (Å²) in [5.41, 5.74) is 2.49. The Kier molecular flexibility index (Phi) is 6.26. The van der Waals surface area contributed by atoms with E-state index in [1.54, 1.807) is 13.2 Å². The van der Waals surface area contributed by atoms with Gasteiger partial charge in [-0.25, -0.2) is 4.79 Å². The van der Waals surface area contributed by atoms with E-state index in [2.05, 4.69) is 22.9 Å². The largest absolute Gasteiger partial charge is 0.497 e. The molecule has 118 valence electrons. The Hall–Kier alpha value is -2.03. The number of rotatable bonds is 5. The van der Waals surface area contributed by atoms with Gasteiger partial charge in [0.1, 0.15) is 5.75 Å². The van der Waals surface area contributed by atoms with E-state index in [4.69, 9.17) is 4.74 Å². The first-order valence-electron chi connectivity index (χ1n) is 7.85. The van der Waals surface area contributed by atoms with Gasteiger partial charge in [0.2, 0.25) is 0 Å². The SMILES string of the molecule is COC(=O)C=CC=C(c1ccc(OC)cc1)C1CCCCC1. The molecule has 0 N–H and O–H groups in total. The maximum atomic E-state index is 11.2. The van der Waals surface area contributed by atoms with E-state index in [1.165, 1.54) is 56.4 Å². The fourth-order valence-corrected chi connectivity index (χ4v) is 2.96. The first-order valence-corrected chi connectivity index (χ1v) is 7.85. The predicted octanol–water partition coefficient (Wildman–Crippen LogP) is 4.39. The molecular weight excluding hydrogens is 276 g/mol. The lowest BCUT2D eigenvalue weighted by molar-refractivity contribution is -0.134. The molecule has 3 nitrogen and oxygen atoms in total. The Morgan fingerprint density at radius 3 is 2.36 bits per heavy atom. The number of esters is 1. The molecule has 1 aromatic rings. The molecular formula is C19H24O3. The van der Waals surface area contributed by atoms with Crippen LogP contribution in [0.5, 0.6) is 5.75 Å². The topological polar surface area (TPSA) is 35.5 Å². The van der Waals surface area contributed by atoms with Gasteiger partial charge in [0.05, 0.1) is 14.2 Å². The molecule has 3 heteroatoms. The van der Waals surface area contributed by atoms with Crippen LogP contribution < -0.4 is 4.74 Å². The van der Waals surface area contributed by atoms with Gasteiger partial charge < -0.3 is 9.47 Å². The van der Waals surface area contributed by atoms with Crippen molar-refractivity contribution in [1.29, 1.82) is 0 Å². The number of ether oxygens (including phenoxy) is 2. The van der Waals surface area contributed by atoms with Gasteiger partial charge >= 0.3 is 5.97 Å². The molecule has 0 spiro atoms. The van der Waals surface area contributed by atoms with Crippen molar-refractivity contribution in [3.05, 3.63) is 48.1 Å². The van der Waals surface area contributed by atoms with E-state index < -0.39 is 0 Å². The minimum atomic E-state index is -0.325. The van der Waals surface area contributed by atoms with E-state index in [9.17, 15) is 4.79 Å². The summed E-state index contributed by atoms with van der Waals surface area (Å²) >= 11 is 0. The highest BCUT2D eigenvalue weighted by atomic mass is 16.5. The van der Waals surface area contributed by atoms with Gasteiger partial charge in [-0.2, -0.15) is 0 Å². The zero-order valence-corrected chi connectivity index (χ0v) is 13.4. The third-order valence-electron chi connectivity index (χ3n) is 4.18. The maximum absolute atomic E-state index is 11.2. The highest BCUT2D eigenvalue weighted by molar-refractivity contribution is 5.82. The van der Waals surface area contributed by atoms with Gasteiger partial charge in [-0.15, -0.1) is 0 Å². The number of benzene rings is 1. The van der Waals surface area contributed by atoms with Crippen molar-refractivity contribution < 1.29 is 14.3 Å². The van der Waals surface area contributed by atoms with Crippen LogP contribution in [0.4, 0.5) is 0 Å². The molecule has 0 radical (unpaired) electrons. The highest BCUT2D eigenvalue weighted by Gasteiger charge is 2.18. The first kappa shape index (κ1) is 16.3. The summed E-state index contributed by atoms with van der Waals surface area (Å²) in [5.74, 6) is 1.09. The van der Waals surface area contributed by atoms with Crippen LogP contribution in [0.3, 0.4) is 0 Å². The quantitative estimate of drug-likeness (QED) is 0.459. The van der Waals surface area contributed by atoms with Crippen molar-refractivity contribution >= 4 is 11.5 Å². The van der Waals surface area contributed by atoms with Crippen LogP contribution in [-0.4, -0.2) is 20.2 Å². The van der Waals surface area contributed by atoms with Gasteiger partial charge in [0.25, 0.3) is 0 Å². The van der Waals surface area contributed by atoms with E-state index in [0.717, 1.165) is 5.75 Å². The second-order valence-electron chi connectivity index (χ2n) is 5.57. The molecule has 0 aliphatic heterocycles. The summed E-state index contributed by atoms with van der Waals surface area (Å²) < 4.78 is 9.87. The van der Waals surface area contributed by atoms with Crippen LogP contribution >= 0.6 is 0 Å². The van der Waals surface area contributed by atoms with Gasteiger partial charge in [-0.05, 0) is 42.0 Å². The number of hydrogen-bond acceptors (Lipinski definition) is 3. The summed E-state index contributed by atoms with van der Waals surface area (Å²) in [6.45, 7) is 0. The molecule has 22 heavy (non-hydrogen) atoms. The Labute approximate surface area is 132 Å². The summed E-state index contributed by atoms with van der Waals surface area (Å²) in [6.07, 6.45) is 11.6. The maximum Gasteiger partial charge on any atom is 0.330 e. The van der Waals surface area contributed by atoms with Crippen molar-refractivity contribution in [3.8, 4) is 5.75 Å². The summed E-state index contributed by atoms with van der Waals surface area (Å²) in [5, 5.41) is 0. The third kappa shape index (κ3) is 4.48. The fraction of sp³-hybridized carbons (Fsp3) is 0.421. The van der Waals surface area contributed by atoms with Gasteiger partial charge in [0, 0.05) is 6.08 Å². The average molecular weight is 300 g/mol. The molecule has 0 saturated heterocycles. The minimum absolute atomic E-state index is 0.325. The molecule has 0 atom stereocenters. The summed E-state index contributed by atoms with van der Waals surface area (Å²) in [6, 6.07) is 8.14. The third-order valence-corrected chi connectivity index (χ3v) is 4.18. The first-order chi connectivity index (χ1) is 10.7. The van der Waals surface area contributed by atoms with Crippen LogP contribution in [0.2, 0.25) is 0 Å². The molecule has 1 aromatic carbocycles. The molecule has 0 unspecified atom stereocenters. The van der Waals surface area contributed by atoms with Crippen molar-refractivity contribution in [3.63, 3.8) is 0 Å². The second-order valence-corrected chi connectivity index (χ2v) is 5.57. The fourth-order valence-electron chi connectivity index (χ4n) is 2.96. The second kappa shape index (κ2) is 8.42. The normalized spacial score (nSPS) is 16.7. The monoisotopic (exact) mass is 300 g/mol. The van der Waals surface area contributed by atoms with E-state index in [-0.39, 0.29) is 5.97 Å². The predicted molar refractivity (Wildman–Crippen MR) is 88.7 cm³/mol. The Morgan fingerprint density at radius 1 is 1.09 bits per heavy atom. The molecule has 0 aromatic heterocycles. The summed E-state index contributed by atoms with van der Waals surface area (Å²) in [4.78, 5) is 11.2. The number of carbonyl (C=O) groups excluding carboxylic acids is 1.